The maximum atomic E-state index is 11.4. The first kappa shape index (κ1) is 14.0. The fourth-order valence-corrected chi connectivity index (χ4v) is 1.40. The van der Waals surface area contributed by atoms with Crippen LogP contribution in [0.3, 0.4) is 0 Å². The molecule has 0 saturated heterocycles. The standard InChI is InChI=1S/C11H7Cl2N3O2/c12-8-2-1-6(4-9(8)13)3-7(5-14)10(17)16-11(15)18/h1-4H,(H3,15,16,17,18)/b7-3-. The van der Waals surface area contributed by atoms with E-state index in [0.29, 0.717) is 10.6 Å². The third kappa shape index (κ3) is 3.77. The van der Waals surface area contributed by atoms with Crippen molar-refractivity contribution in [2.75, 3.05) is 0 Å². The lowest BCUT2D eigenvalue weighted by Crippen LogP contribution is -2.35. The minimum Gasteiger partial charge on any atom is -0.351 e. The summed E-state index contributed by atoms with van der Waals surface area (Å²) in [5, 5.41) is 11.2. The van der Waals surface area contributed by atoms with Gasteiger partial charge < -0.3 is 5.73 Å². The van der Waals surface area contributed by atoms with Crippen molar-refractivity contribution < 1.29 is 9.59 Å². The van der Waals surface area contributed by atoms with Crippen LogP contribution in [0.2, 0.25) is 10.0 Å². The highest BCUT2D eigenvalue weighted by Gasteiger charge is 2.11. The number of benzene rings is 1. The van der Waals surface area contributed by atoms with Crippen LogP contribution >= 0.6 is 23.2 Å². The van der Waals surface area contributed by atoms with E-state index in [1.165, 1.54) is 18.2 Å². The first-order valence-corrected chi connectivity index (χ1v) is 5.37. The van der Waals surface area contributed by atoms with Crippen LogP contribution in [0.4, 0.5) is 4.79 Å². The molecule has 92 valence electrons. The van der Waals surface area contributed by atoms with E-state index >= 15 is 0 Å². The highest BCUT2D eigenvalue weighted by atomic mass is 35.5. The third-order valence-corrected chi connectivity index (χ3v) is 2.60. The molecule has 0 heterocycles. The van der Waals surface area contributed by atoms with Crippen molar-refractivity contribution in [2.24, 2.45) is 5.73 Å². The number of nitrogens with zero attached hydrogens (tertiary/aromatic N) is 1. The summed E-state index contributed by atoms with van der Waals surface area (Å²) < 4.78 is 0. The van der Waals surface area contributed by atoms with Gasteiger partial charge in [-0.2, -0.15) is 5.26 Å². The Kier molecular flexibility index (Phi) is 4.72. The fourth-order valence-electron chi connectivity index (χ4n) is 1.10. The SMILES string of the molecule is N#C/C(=C/c1ccc(Cl)c(Cl)c1)C(=O)NC(N)=O. The lowest BCUT2D eigenvalue weighted by molar-refractivity contribution is -0.115. The second-order valence-corrected chi connectivity index (χ2v) is 3.98. The molecule has 0 aliphatic heterocycles. The van der Waals surface area contributed by atoms with Gasteiger partial charge in [0.15, 0.2) is 0 Å². The van der Waals surface area contributed by atoms with Gasteiger partial charge in [0.2, 0.25) is 0 Å². The molecule has 0 aliphatic carbocycles. The van der Waals surface area contributed by atoms with Gasteiger partial charge in [-0.1, -0.05) is 29.3 Å². The predicted molar refractivity (Wildman–Crippen MR) is 67.8 cm³/mol. The molecule has 1 rings (SSSR count). The van der Waals surface area contributed by atoms with Gasteiger partial charge in [-0.25, -0.2) is 4.79 Å². The van der Waals surface area contributed by atoms with Gasteiger partial charge in [0.25, 0.3) is 5.91 Å². The lowest BCUT2D eigenvalue weighted by Gasteiger charge is -2.00. The van der Waals surface area contributed by atoms with Crippen molar-refractivity contribution in [1.82, 2.24) is 5.32 Å². The van der Waals surface area contributed by atoms with Crippen LogP contribution < -0.4 is 11.1 Å². The van der Waals surface area contributed by atoms with Crippen LogP contribution in [0, 0.1) is 11.3 Å². The molecule has 0 saturated carbocycles. The van der Waals surface area contributed by atoms with Gasteiger partial charge in [0.1, 0.15) is 11.6 Å². The van der Waals surface area contributed by atoms with Crippen molar-refractivity contribution in [1.29, 1.82) is 5.26 Å². The lowest BCUT2D eigenvalue weighted by atomic mass is 10.1. The van der Waals surface area contributed by atoms with Gasteiger partial charge in [0, 0.05) is 0 Å². The Hall–Kier alpha value is -2.03. The predicted octanol–water partition coefficient (Wildman–Crippen LogP) is 2.10. The average Bonchev–Trinajstić information content (AvgIpc) is 2.29. The van der Waals surface area contributed by atoms with E-state index in [0.717, 1.165) is 0 Å². The topological polar surface area (TPSA) is 96.0 Å². The number of hydrogen-bond acceptors (Lipinski definition) is 3. The van der Waals surface area contributed by atoms with E-state index in [1.807, 2.05) is 0 Å². The highest BCUT2D eigenvalue weighted by Crippen LogP contribution is 2.23. The molecular weight excluding hydrogens is 277 g/mol. The number of rotatable bonds is 2. The van der Waals surface area contributed by atoms with Crippen LogP contribution in [-0.2, 0) is 4.79 Å². The average molecular weight is 284 g/mol. The molecule has 5 nitrogen and oxygen atoms in total. The molecule has 3 amide bonds. The van der Waals surface area contributed by atoms with Crippen molar-refractivity contribution >= 4 is 41.2 Å². The number of amides is 3. The summed E-state index contributed by atoms with van der Waals surface area (Å²) >= 11 is 11.5. The highest BCUT2D eigenvalue weighted by molar-refractivity contribution is 6.42. The first-order valence-electron chi connectivity index (χ1n) is 4.61. The number of nitrogens with two attached hydrogens (primary N) is 1. The second-order valence-electron chi connectivity index (χ2n) is 3.16. The van der Waals surface area contributed by atoms with Gasteiger partial charge in [0.05, 0.1) is 10.0 Å². The van der Waals surface area contributed by atoms with Crippen LogP contribution in [0.15, 0.2) is 23.8 Å². The van der Waals surface area contributed by atoms with E-state index in [-0.39, 0.29) is 10.6 Å². The third-order valence-electron chi connectivity index (χ3n) is 1.86. The maximum Gasteiger partial charge on any atom is 0.319 e. The Morgan fingerprint density at radius 2 is 2.00 bits per heavy atom. The van der Waals surface area contributed by atoms with E-state index in [9.17, 15) is 9.59 Å². The molecular formula is C11H7Cl2N3O2. The molecule has 0 atom stereocenters. The minimum absolute atomic E-state index is 0.271. The molecule has 0 spiro atoms. The zero-order chi connectivity index (χ0) is 13.7. The molecule has 1 aromatic carbocycles. The number of hydrogen-bond donors (Lipinski definition) is 2. The number of carbonyl (C=O) groups excluding carboxylic acids is 2. The molecule has 0 radical (unpaired) electrons. The van der Waals surface area contributed by atoms with Gasteiger partial charge in [-0.3, -0.25) is 10.1 Å². The van der Waals surface area contributed by atoms with Crippen molar-refractivity contribution in [2.45, 2.75) is 0 Å². The summed E-state index contributed by atoms with van der Waals surface area (Å²) in [6, 6.07) is 5.20. The molecule has 18 heavy (non-hydrogen) atoms. The molecule has 0 aliphatic rings. The quantitative estimate of drug-likeness (QED) is 0.642. The van der Waals surface area contributed by atoms with E-state index < -0.39 is 11.9 Å². The molecule has 0 bridgehead atoms. The monoisotopic (exact) mass is 283 g/mol. The molecule has 3 N–H and O–H groups in total. The summed E-state index contributed by atoms with van der Waals surface area (Å²) in [5.74, 6) is -0.879. The zero-order valence-corrected chi connectivity index (χ0v) is 10.4. The normalized spacial score (nSPS) is 10.6. The minimum atomic E-state index is -1.03. The van der Waals surface area contributed by atoms with Gasteiger partial charge >= 0.3 is 6.03 Å². The zero-order valence-electron chi connectivity index (χ0n) is 8.91. The molecule has 0 aromatic heterocycles. The summed E-state index contributed by atoms with van der Waals surface area (Å²) in [5.41, 5.74) is 5.01. The van der Waals surface area contributed by atoms with E-state index in [2.05, 4.69) is 0 Å². The molecule has 7 heteroatoms. The van der Waals surface area contributed by atoms with Crippen LogP contribution in [0.5, 0.6) is 0 Å². The number of halogens is 2. The second kappa shape index (κ2) is 6.05. The van der Waals surface area contributed by atoms with Crippen LogP contribution in [0.1, 0.15) is 5.56 Å². The summed E-state index contributed by atoms with van der Waals surface area (Å²) in [7, 11) is 0. The largest absolute Gasteiger partial charge is 0.351 e. The van der Waals surface area contributed by atoms with Crippen LogP contribution in [0.25, 0.3) is 6.08 Å². The number of nitrogens with one attached hydrogen (secondary N) is 1. The Bertz CT molecular complexity index is 576. The van der Waals surface area contributed by atoms with Crippen molar-refractivity contribution in [3.63, 3.8) is 0 Å². The number of carbonyl (C=O) groups is 2. The molecule has 1 aromatic rings. The van der Waals surface area contributed by atoms with Gasteiger partial charge in [-0.05, 0) is 23.8 Å². The Balaban J connectivity index is 3.05. The smallest absolute Gasteiger partial charge is 0.319 e. The number of imide groups is 1. The van der Waals surface area contributed by atoms with Crippen LogP contribution in [-0.4, -0.2) is 11.9 Å². The molecule has 0 unspecified atom stereocenters. The van der Waals surface area contributed by atoms with Gasteiger partial charge in [-0.15, -0.1) is 0 Å². The Morgan fingerprint density at radius 1 is 1.33 bits per heavy atom. The first-order chi connectivity index (χ1) is 8.43. The van der Waals surface area contributed by atoms with Crippen molar-refractivity contribution in [3.8, 4) is 6.07 Å². The number of nitriles is 1. The number of primary amides is 1. The summed E-state index contributed by atoms with van der Waals surface area (Å²) in [6.45, 7) is 0. The number of urea groups is 1. The molecule has 0 fully saturated rings. The maximum absolute atomic E-state index is 11.4. The summed E-state index contributed by atoms with van der Waals surface area (Å²) in [6.07, 6.45) is 1.26. The Labute approximate surface area is 113 Å². The van der Waals surface area contributed by atoms with E-state index in [4.69, 9.17) is 34.2 Å². The van der Waals surface area contributed by atoms with E-state index in [1.54, 1.807) is 17.5 Å². The Morgan fingerprint density at radius 3 is 2.50 bits per heavy atom. The van der Waals surface area contributed by atoms with Crippen molar-refractivity contribution in [3.05, 3.63) is 39.4 Å². The fraction of sp³-hybridized carbons (Fsp3) is 0. The summed E-state index contributed by atoms with van der Waals surface area (Å²) in [4.78, 5) is 21.9.